The number of nitrogens with one attached hydrogen (secondary N) is 1. The number of nitro benzene ring substituents is 1. The van der Waals surface area contributed by atoms with Gasteiger partial charge in [0.15, 0.2) is 17.7 Å². The Labute approximate surface area is 180 Å². The molecule has 0 spiro atoms. The van der Waals surface area contributed by atoms with Crippen LogP contribution in [0, 0.1) is 17.0 Å². The number of benzene rings is 1. The van der Waals surface area contributed by atoms with Gasteiger partial charge in [-0.15, -0.1) is 0 Å². The summed E-state index contributed by atoms with van der Waals surface area (Å²) < 4.78 is 34.5. The van der Waals surface area contributed by atoms with Gasteiger partial charge in [-0.25, -0.2) is 28.1 Å². The number of aliphatic hydroxyl groups is 2. The lowest BCUT2D eigenvalue weighted by Crippen LogP contribution is -2.39. The Kier molecular flexibility index (Phi) is 5.51. The minimum atomic E-state index is -4.16. The van der Waals surface area contributed by atoms with Crippen molar-refractivity contribution in [3.8, 4) is 0 Å². The average molecular weight is 465 g/mol. The van der Waals surface area contributed by atoms with Crippen LogP contribution in [0.15, 0.2) is 35.7 Å². The minimum absolute atomic E-state index is 0.123. The highest BCUT2D eigenvalue weighted by atomic mass is 32.2. The molecule has 4 atom stereocenters. The number of sulfonamides is 1. The SMILES string of the molecule is Cc1ccc(S(=O)(=O)NC[C@H]2O[C@@H](n3cnc4c(N)ncnc43)[C@H](O)[C@@H]2O)cc1[N+](=O)[O-]. The molecule has 1 aliphatic rings. The fourth-order valence-corrected chi connectivity index (χ4v) is 4.48. The maximum atomic E-state index is 12.6. The summed E-state index contributed by atoms with van der Waals surface area (Å²) in [5, 5.41) is 31.9. The number of hydrogen-bond acceptors (Lipinski definition) is 11. The van der Waals surface area contributed by atoms with Gasteiger partial charge in [-0.3, -0.25) is 14.7 Å². The third-order valence-electron chi connectivity index (χ3n) is 5.16. The summed E-state index contributed by atoms with van der Waals surface area (Å²) >= 11 is 0. The summed E-state index contributed by atoms with van der Waals surface area (Å²) in [6.07, 6.45) is -2.57. The Balaban J connectivity index is 1.52. The van der Waals surface area contributed by atoms with Crippen LogP contribution in [0.3, 0.4) is 0 Å². The van der Waals surface area contributed by atoms with Crippen LogP contribution in [0.2, 0.25) is 0 Å². The zero-order chi connectivity index (χ0) is 23.2. The molecule has 0 unspecified atom stereocenters. The van der Waals surface area contributed by atoms with E-state index in [0.717, 1.165) is 6.07 Å². The highest BCUT2D eigenvalue weighted by Gasteiger charge is 2.44. The average Bonchev–Trinajstić information content (AvgIpc) is 3.29. The second kappa shape index (κ2) is 8.03. The minimum Gasteiger partial charge on any atom is -0.387 e. The second-order valence-corrected chi connectivity index (χ2v) is 8.95. The fraction of sp³-hybridized carbons (Fsp3) is 0.353. The highest BCUT2D eigenvalue weighted by molar-refractivity contribution is 7.89. The predicted molar refractivity (Wildman–Crippen MR) is 109 cm³/mol. The molecule has 0 radical (unpaired) electrons. The molecular formula is C17H19N7O7S. The molecule has 5 N–H and O–H groups in total. The number of rotatable bonds is 6. The first-order valence-corrected chi connectivity index (χ1v) is 10.8. The molecule has 3 aromatic rings. The van der Waals surface area contributed by atoms with Crippen LogP contribution < -0.4 is 10.5 Å². The van der Waals surface area contributed by atoms with Crippen molar-refractivity contribution in [1.29, 1.82) is 0 Å². The van der Waals surface area contributed by atoms with Gasteiger partial charge in [0.05, 0.1) is 16.1 Å². The van der Waals surface area contributed by atoms with E-state index in [0.29, 0.717) is 5.56 Å². The fourth-order valence-electron chi connectivity index (χ4n) is 3.41. The van der Waals surface area contributed by atoms with E-state index in [4.69, 9.17) is 10.5 Å². The number of fused-ring (bicyclic) bond motifs is 1. The van der Waals surface area contributed by atoms with E-state index < -0.39 is 46.0 Å². The van der Waals surface area contributed by atoms with Crippen molar-refractivity contribution in [3.05, 3.63) is 46.5 Å². The number of aryl methyl sites for hydroxylation is 1. The third-order valence-corrected chi connectivity index (χ3v) is 6.58. The van der Waals surface area contributed by atoms with Crippen LogP contribution in [0.4, 0.5) is 11.5 Å². The topological polar surface area (TPSA) is 209 Å². The van der Waals surface area contributed by atoms with Gasteiger partial charge < -0.3 is 20.7 Å². The molecule has 0 amide bonds. The van der Waals surface area contributed by atoms with Crippen molar-refractivity contribution in [1.82, 2.24) is 24.2 Å². The van der Waals surface area contributed by atoms with Gasteiger partial charge in [-0.05, 0) is 13.0 Å². The van der Waals surface area contributed by atoms with Crippen molar-refractivity contribution in [2.24, 2.45) is 0 Å². The number of ether oxygens (including phenoxy) is 1. The molecule has 1 saturated heterocycles. The Morgan fingerprint density at radius 1 is 1.28 bits per heavy atom. The first-order valence-electron chi connectivity index (χ1n) is 9.29. The van der Waals surface area contributed by atoms with E-state index in [1.54, 1.807) is 0 Å². The lowest BCUT2D eigenvalue weighted by Gasteiger charge is -2.16. The van der Waals surface area contributed by atoms with Gasteiger partial charge >= 0.3 is 0 Å². The summed E-state index contributed by atoms with van der Waals surface area (Å²) in [5.41, 5.74) is 6.27. The van der Waals surface area contributed by atoms with Crippen molar-refractivity contribution >= 4 is 32.7 Å². The van der Waals surface area contributed by atoms with Crippen molar-refractivity contribution in [2.45, 2.75) is 36.4 Å². The Hall–Kier alpha value is -3.24. The summed E-state index contributed by atoms with van der Waals surface area (Å²) in [6.45, 7) is 1.09. The molecule has 1 aromatic carbocycles. The number of aromatic nitrogens is 4. The van der Waals surface area contributed by atoms with E-state index >= 15 is 0 Å². The van der Waals surface area contributed by atoms with Crippen LogP contribution in [0.5, 0.6) is 0 Å². The first kappa shape index (κ1) is 22.0. The standard InChI is InChI=1S/C17H19N7O7S/c1-8-2-3-9(4-10(8)24(27)28)32(29,30)22-5-11-13(25)14(26)17(31-11)23-7-21-12-15(18)19-6-20-16(12)23/h2-4,6-7,11,13-14,17,22,25-26H,5H2,1H3,(H2,18,19,20)/t11-,13-,14-,17-/m1/s1. The van der Waals surface area contributed by atoms with E-state index in [-0.39, 0.29) is 27.6 Å². The number of nitrogens with zero attached hydrogens (tertiary/aromatic N) is 5. The number of hydrogen-bond donors (Lipinski definition) is 4. The normalized spacial score (nSPS) is 23.6. The van der Waals surface area contributed by atoms with Crippen molar-refractivity contribution < 1.29 is 28.3 Å². The number of imidazole rings is 1. The lowest BCUT2D eigenvalue weighted by atomic mass is 10.1. The molecule has 14 nitrogen and oxygen atoms in total. The molecule has 1 aliphatic heterocycles. The summed E-state index contributed by atoms with van der Waals surface area (Å²) in [4.78, 5) is 22.1. The monoisotopic (exact) mass is 465 g/mol. The number of aliphatic hydroxyl groups excluding tert-OH is 2. The lowest BCUT2D eigenvalue weighted by molar-refractivity contribution is -0.385. The Bertz CT molecular complexity index is 1300. The maximum absolute atomic E-state index is 12.6. The predicted octanol–water partition coefficient (Wildman–Crippen LogP) is -0.777. The third kappa shape index (κ3) is 3.76. The summed E-state index contributed by atoms with van der Waals surface area (Å²) in [5.74, 6) is 0.123. The molecule has 0 bridgehead atoms. The molecule has 170 valence electrons. The largest absolute Gasteiger partial charge is 0.387 e. The van der Waals surface area contributed by atoms with E-state index in [1.807, 2.05) is 0 Å². The van der Waals surface area contributed by atoms with Crippen LogP contribution in [0.1, 0.15) is 11.8 Å². The summed E-state index contributed by atoms with van der Waals surface area (Å²) in [7, 11) is -4.16. The number of nitro groups is 1. The number of nitrogens with two attached hydrogens (primary N) is 1. The molecule has 15 heteroatoms. The van der Waals surface area contributed by atoms with Gasteiger partial charge in [-0.2, -0.15) is 0 Å². The van der Waals surface area contributed by atoms with E-state index in [2.05, 4.69) is 19.7 Å². The van der Waals surface area contributed by atoms with Gasteiger partial charge in [0.2, 0.25) is 10.0 Å². The smallest absolute Gasteiger partial charge is 0.273 e. The molecule has 0 saturated carbocycles. The zero-order valence-electron chi connectivity index (χ0n) is 16.6. The van der Waals surface area contributed by atoms with Crippen molar-refractivity contribution in [3.63, 3.8) is 0 Å². The van der Waals surface area contributed by atoms with Gasteiger partial charge in [0.1, 0.15) is 30.2 Å². The number of anilines is 1. The van der Waals surface area contributed by atoms with Gasteiger partial charge in [0.25, 0.3) is 5.69 Å². The summed E-state index contributed by atoms with van der Waals surface area (Å²) in [6, 6.07) is 3.50. The Morgan fingerprint density at radius 3 is 2.75 bits per heavy atom. The molecule has 2 aromatic heterocycles. The quantitative estimate of drug-likeness (QED) is 0.262. The molecule has 0 aliphatic carbocycles. The van der Waals surface area contributed by atoms with E-state index in [1.165, 1.54) is 36.3 Å². The molecule has 32 heavy (non-hydrogen) atoms. The van der Waals surface area contributed by atoms with Crippen LogP contribution in [-0.2, 0) is 14.8 Å². The second-order valence-electron chi connectivity index (χ2n) is 7.19. The van der Waals surface area contributed by atoms with Crippen LogP contribution in [0.25, 0.3) is 11.2 Å². The van der Waals surface area contributed by atoms with Crippen LogP contribution >= 0.6 is 0 Å². The first-order chi connectivity index (χ1) is 15.1. The van der Waals surface area contributed by atoms with Crippen LogP contribution in [-0.4, -0.2) is 67.9 Å². The highest BCUT2D eigenvalue weighted by Crippen LogP contribution is 2.32. The zero-order valence-corrected chi connectivity index (χ0v) is 17.4. The van der Waals surface area contributed by atoms with Gasteiger partial charge in [0, 0.05) is 18.2 Å². The van der Waals surface area contributed by atoms with E-state index in [9.17, 15) is 28.7 Å². The van der Waals surface area contributed by atoms with Crippen molar-refractivity contribution in [2.75, 3.05) is 12.3 Å². The van der Waals surface area contributed by atoms with Gasteiger partial charge in [-0.1, -0.05) is 6.07 Å². The maximum Gasteiger partial charge on any atom is 0.273 e. The Morgan fingerprint density at radius 2 is 2.03 bits per heavy atom. The molecule has 4 rings (SSSR count). The molecule has 1 fully saturated rings. The molecule has 3 heterocycles. The number of nitrogen functional groups attached to an aromatic ring is 1. The molecular weight excluding hydrogens is 446 g/mol.